The first-order valence-electron chi connectivity index (χ1n) is 6.57. The zero-order valence-electron chi connectivity index (χ0n) is 11.1. The van der Waals surface area contributed by atoms with Gasteiger partial charge in [0.1, 0.15) is 0 Å². The van der Waals surface area contributed by atoms with Crippen molar-refractivity contribution in [1.82, 2.24) is 0 Å². The molecule has 0 radical (unpaired) electrons. The summed E-state index contributed by atoms with van der Waals surface area (Å²) in [5.41, 5.74) is 2.12. The fourth-order valence-corrected chi connectivity index (χ4v) is 2.46. The van der Waals surface area contributed by atoms with Gasteiger partial charge in [0.2, 0.25) is 0 Å². The molecule has 0 bridgehead atoms. The van der Waals surface area contributed by atoms with Gasteiger partial charge in [-0.15, -0.1) is 0 Å². The third-order valence-electron chi connectivity index (χ3n) is 3.79. The molecule has 1 aliphatic rings. The van der Waals surface area contributed by atoms with Gasteiger partial charge in [-0.1, -0.05) is 18.2 Å². The number of para-hydroxylation sites is 1. The van der Waals surface area contributed by atoms with Crippen molar-refractivity contribution in [3.63, 3.8) is 0 Å². The highest BCUT2D eigenvalue weighted by Crippen LogP contribution is 2.29. The van der Waals surface area contributed by atoms with Crippen LogP contribution in [0.5, 0.6) is 0 Å². The van der Waals surface area contributed by atoms with Crippen molar-refractivity contribution in [1.29, 1.82) is 0 Å². The maximum Gasteiger partial charge on any atom is 0.309 e. The number of fused-ring (bicyclic) bond motifs is 1. The molecule has 1 aromatic rings. The van der Waals surface area contributed by atoms with Gasteiger partial charge in [0.25, 0.3) is 0 Å². The Morgan fingerprint density at radius 1 is 1.39 bits per heavy atom. The predicted molar refractivity (Wildman–Crippen MR) is 73.0 cm³/mol. The number of benzene rings is 1. The number of hydrogen-bond donors (Lipinski definition) is 1. The minimum absolute atomic E-state index is 0.612. The van der Waals surface area contributed by atoms with E-state index in [1.165, 1.54) is 11.3 Å². The molecular formula is C15H21NO2. The Bertz CT molecular complexity index is 440. The Labute approximate surface area is 108 Å². The van der Waals surface area contributed by atoms with Gasteiger partial charge in [-0.3, -0.25) is 4.79 Å². The number of carbonyl (C=O) groups is 1. The highest BCUT2D eigenvalue weighted by Gasteiger charge is 2.27. The molecule has 1 aromatic carbocycles. The van der Waals surface area contributed by atoms with Gasteiger partial charge in [0, 0.05) is 18.8 Å². The first-order valence-corrected chi connectivity index (χ1v) is 6.57. The monoisotopic (exact) mass is 247 g/mol. The fraction of sp³-hybridized carbons (Fsp3) is 0.533. The molecule has 0 saturated heterocycles. The summed E-state index contributed by atoms with van der Waals surface area (Å²) >= 11 is 0. The minimum Gasteiger partial charge on any atom is -0.481 e. The maximum absolute atomic E-state index is 11.0. The molecule has 3 heteroatoms. The van der Waals surface area contributed by atoms with Crippen LogP contribution >= 0.6 is 0 Å². The molecule has 3 nitrogen and oxygen atoms in total. The van der Waals surface area contributed by atoms with E-state index in [0.29, 0.717) is 0 Å². The molecule has 1 N–H and O–H groups in total. The summed E-state index contributed by atoms with van der Waals surface area (Å²) in [6, 6.07) is 8.48. The summed E-state index contributed by atoms with van der Waals surface area (Å²) in [5, 5.41) is 9.08. The molecule has 0 atom stereocenters. The Balaban J connectivity index is 1.88. The van der Waals surface area contributed by atoms with Gasteiger partial charge < -0.3 is 10.0 Å². The number of anilines is 1. The third kappa shape index (κ3) is 2.66. The lowest BCUT2D eigenvalue weighted by Crippen LogP contribution is -2.27. The predicted octanol–water partition coefficient (Wildman–Crippen LogP) is 2.94. The quantitative estimate of drug-likeness (QED) is 0.869. The normalized spacial score (nSPS) is 14.7. The molecule has 0 aliphatic carbocycles. The van der Waals surface area contributed by atoms with Crippen molar-refractivity contribution in [2.24, 2.45) is 5.41 Å². The molecular weight excluding hydrogens is 226 g/mol. The number of nitrogens with zero attached hydrogens (tertiary/aromatic N) is 1. The fourth-order valence-electron chi connectivity index (χ4n) is 2.46. The summed E-state index contributed by atoms with van der Waals surface area (Å²) in [7, 11) is 0. The van der Waals surface area contributed by atoms with Crippen LogP contribution in [0.4, 0.5) is 5.69 Å². The van der Waals surface area contributed by atoms with E-state index in [1.54, 1.807) is 13.8 Å². The van der Waals surface area contributed by atoms with Crippen LogP contribution in [0, 0.1) is 5.41 Å². The molecule has 98 valence electrons. The first-order chi connectivity index (χ1) is 8.50. The van der Waals surface area contributed by atoms with Crippen LogP contribution in [0.1, 0.15) is 32.3 Å². The van der Waals surface area contributed by atoms with Crippen LogP contribution < -0.4 is 4.90 Å². The molecule has 0 spiro atoms. The lowest BCUT2D eigenvalue weighted by molar-refractivity contribution is -0.147. The number of rotatable bonds is 5. The van der Waals surface area contributed by atoms with Gasteiger partial charge >= 0.3 is 5.97 Å². The van der Waals surface area contributed by atoms with Crippen molar-refractivity contribution >= 4 is 11.7 Å². The molecule has 1 heterocycles. The Hall–Kier alpha value is -1.51. The topological polar surface area (TPSA) is 40.5 Å². The van der Waals surface area contributed by atoms with Crippen molar-refractivity contribution in [3.05, 3.63) is 29.8 Å². The number of carboxylic acids is 1. The largest absolute Gasteiger partial charge is 0.481 e. The molecule has 0 amide bonds. The highest BCUT2D eigenvalue weighted by atomic mass is 16.4. The van der Waals surface area contributed by atoms with Gasteiger partial charge in [0.05, 0.1) is 5.41 Å². The molecule has 0 aromatic heterocycles. The lowest BCUT2D eigenvalue weighted by Gasteiger charge is -2.23. The molecule has 0 saturated carbocycles. The number of aliphatic carboxylic acids is 1. The van der Waals surface area contributed by atoms with E-state index in [0.717, 1.165) is 32.4 Å². The standard InChI is InChI=1S/C15H21NO2/c1-15(2,14(17)18)9-5-10-16-11-8-12-6-3-4-7-13(12)16/h3-4,6-7H,5,8-11H2,1-2H3,(H,17,18). The average Bonchev–Trinajstić information content (AvgIpc) is 2.72. The van der Waals surface area contributed by atoms with Crippen LogP contribution in [-0.2, 0) is 11.2 Å². The Kier molecular flexibility index (Phi) is 3.60. The maximum atomic E-state index is 11.0. The summed E-state index contributed by atoms with van der Waals surface area (Å²) in [6.45, 7) is 5.61. The first kappa shape index (κ1) is 12.9. The van der Waals surface area contributed by atoms with E-state index < -0.39 is 11.4 Å². The number of carboxylic acid groups (broad SMARTS) is 1. The Morgan fingerprint density at radius 2 is 2.11 bits per heavy atom. The van der Waals surface area contributed by atoms with Crippen molar-refractivity contribution in [2.75, 3.05) is 18.0 Å². The van der Waals surface area contributed by atoms with Gasteiger partial charge in [0.15, 0.2) is 0 Å². The zero-order valence-corrected chi connectivity index (χ0v) is 11.1. The summed E-state index contributed by atoms with van der Waals surface area (Å²) in [4.78, 5) is 13.4. The van der Waals surface area contributed by atoms with Gasteiger partial charge in [-0.25, -0.2) is 0 Å². The van der Waals surface area contributed by atoms with E-state index >= 15 is 0 Å². The average molecular weight is 247 g/mol. The second-order valence-electron chi connectivity index (χ2n) is 5.66. The minimum atomic E-state index is -0.704. The van der Waals surface area contributed by atoms with E-state index in [9.17, 15) is 4.79 Å². The molecule has 0 unspecified atom stereocenters. The second kappa shape index (κ2) is 5.01. The summed E-state index contributed by atoms with van der Waals surface area (Å²) < 4.78 is 0. The van der Waals surface area contributed by atoms with Gasteiger partial charge in [-0.2, -0.15) is 0 Å². The molecule has 18 heavy (non-hydrogen) atoms. The van der Waals surface area contributed by atoms with E-state index in [-0.39, 0.29) is 0 Å². The van der Waals surface area contributed by atoms with Crippen LogP contribution in [0.15, 0.2) is 24.3 Å². The number of hydrogen-bond acceptors (Lipinski definition) is 2. The summed E-state index contributed by atoms with van der Waals surface area (Å²) in [6.07, 6.45) is 2.76. The van der Waals surface area contributed by atoms with Gasteiger partial charge in [-0.05, 0) is 44.7 Å². The zero-order chi connectivity index (χ0) is 13.2. The molecule has 1 aliphatic heterocycles. The highest BCUT2D eigenvalue weighted by molar-refractivity contribution is 5.73. The molecule has 0 fully saturated rings. The molecule has 2 rings (SSSR count). The van der Waals surface area contributed by atoms with Crippen LogP contribution in [0.2, 0.25) is 0 Å². The Morgan fingerprint density at radius 3 is 2.83 bits per heavy atom. The van der Waals surface area contributed by atoms with Crippen molar-refractivity contribution < 1.29 is 9.90 Å². The summed E-state index contributed by atoms with van der Waals surface area (Å²) in [5.74, 6) is -0.704. The van der Waals surface area contributed by atoms with Crippen molar-refractivity contribution in [2.45, 2.75) is 33.1 Å². The van der Waals surface area contributed by atoms with Crippen molar-refractivity contribution in [3.8, 4) is 0 Å². The van der Waals surface area contributed by atoms with Crippen LogP contribution in [-0.4, -0.2) is 24.2 Å². The van der Waals surface area contributed by atoms with Crippen LogP contribution in [0.3, 0.4) is 0 Å². The smallest absolute Gasteiger partial charge is 0.309 e. The lowest BCUT2D eigenvalue weighted by atomic mass is 9.88. The SMILES string of the molecule is CC(C)(CCCN1CCc2ccccc21)C(=O)O. The third-order valence-corrected chi connectivity index (χ3v) is 3.79. The van der Waals surface area contributed by atoms with E-state index in [2.05, 4.69) is 29.2 Å². The second-order valence-corrected chi connectivity index (χ2v) is 5.66. The van der Waals surface area contributed by atoms with E-state index in [4.69, 9.17) is 5.11 Å². The van der Waals surface area contributed by atoms with E-state index in [1.807, 2.05) is 0 Å². The van der Waals surface area contributed by atoms with Crippen LogP contribution in [0.25, 0.3) is 0 Å².